The highest BCUT2D eigenvalue weighted by atomic mass is 16.5. The Hall–Kier alpha value is -6.92. The summed E-state index contributed by atoms with van der Waals surface area (Å²) in [5.74, 6) is -0.177. The van der Waals surface area contributed by atoms with E-state index in [9.17, 15) is 9.59 Å². The number of hydrogen-bond donors (Lipinski definition) is 0. The molecule has 7 aromatic carbocycles. The Morgan fingerprint density at radius 2 is 0.630 bits per heavy atom. The van der Waals surface area contributed by atoms with Crippen LogP contribution in [0.15, 0.2) is 170 Å². The number of ether oxygens (including phenoxy) is 2. The molecule has 0 fully saturated rings. The summed E-state index contributed by atoms with van der Waals surface area (Å²) in [6.45, 7) is 7.71. The van der Waals surface area contributed by atoms with Crippen LogP contribution >= 0.6 is 0 Å². The Morgan fingerprint density at radius 3 is 0.907 bits per heavy atom. The molecule has 6 heteroatoms. The van der Waals surface area contributed by atoms with Crippen LogP contribution in [0, 0.1) is 27.7 Å². The van der Waals surface area contributed by atoms with E-state index in [1.54, 1.807) is 18.2 Å². The number of anilines is 6. The van der Waals surface area contributed by atoms with Crippen molar-refractivity contribution in [1.82, 2.24) is 0 Å². The monoisotopic (exact) mass is 708 g/mol. The summed E-state index contributed by atoms with van der Waals surface area (Å²) < 4.78 is 12.0. The molecule has 0 spiro atoms. The first-order chi connectivity index (χ1) is 26.3. The summed E-state index contributed by atoms with van der Waals surface area (Å²) in [6, 6.07) is 55.0. The molecule has 0 aliphatic heterocycles. The van der Waals surface area contributed by atoms with E-state index in [0.717, 1.165) is 56.4 Å². The summed E-state index contributed by atoms with van der Waals surface area (Å²) >= 11 is 0. The molecule has 0 saturated heterocycles. The second kappa shape index (κ2) is 15.8. The molecule has 0 radical (unpaired) electrons. The van der Waals surface area contributed by atoms with Gasteiger partial charge in [-0.25, -0.2) is 9.59 Å². The lowest BCUT2D eigenvalue weighted by atomic mass is 10.1. The highest BCUT2D eigenvalue weighted by Gasteiger charge is 2.21. The maximum Gasteiger partial charge on any atom is 0.343 e. The van der Waals surface area contributed by atoms with Gasteiger partial charge in [0.2, 0.25) is 0 Å². The van der Waals surface area contributed by atoms with E-state index in [1.807, 2.05) is 125 Å². The molecular weight excluding hydrogens is 669 g/mol. The number of carbonyl (C=O) groups excluding carboxylic acids is 2. The number of hydrogen-bond acceptors (Lipinski definition) is 6. The van der Waals surface area contributed by atoms with Crippen LogP contribution < -0.4 is 19.3 Å². The van der Waals surface area contributed by atoms with Gasteiger partial charge < -0.3 is 19.3 Å². The molecule has 0 heterocycles. The summed E-state index contributed by atoms with van der Waals surface area (Å²) in [5, 5.41) is 0. The predicted octanol–water partition coefficient (Wildman–Crippen LogP) is 12.3. The van der Waals surface area contributed by atoms with Gasteiger partial charge in [-0.3, -0.25) is 0 Å². The minimum Gasteiger partial charge on any atom is -0.422 e. The fraction of sp³-hybridized carbons (Fsp3) is 0.0833. The number of aryl methyl sites for hydroxylation is 4. The van der Waals surface area contributed by atoms with Crippen LogP contribution in [-0.2, 0) is 0 Å². The standard InChI is InChI=1S/C48H40N2O4/c1-33-28-43(49(39-20-9-5-10-21-39)40-22-11-6-12-23-40)29-34(2)45(33)53-47(51)37-18-17-19-38(32-37)48(52)54-46-35(3)30-44(31-36(46)4)50(41-24-13-7-14-25-41)42-26-15-8-16-27-42/h5-32H,1-4H3. The average Bonchev–Trinajstić information content (AvgIpc) is 3.19. The molecule has 54 heavy (non-hydrogen) atoms. The van der Waals surface area contributed by atoms with Crippen molar-refractivity contribution >= 4 is 46.1 Å². The van der Waals surface area contributed by atoms with Crippen LogP contribution in [0.25, 0.3) is 0 Å². The van der Waals surface area contributed by atoms with Crippen LogP contribution in [-0.4, -0.2) is 11.9 Å². The third-order valence-electron chi connectivity index (χ3n) is 9.19. The Morgan fingerprint density at radius 1 is 0.352 bits per heavy atom. The van der Waals surface area contributed by atoms with Gasteiger partial charge in [-0.1, -0.05) is 78.9 Å². The van der Waals surface area contributed by atoms with Crippen molar-refractivity contribution in [2.24, 2.45) is 0 Å². The van der Waals surface area contributed by atoms with Gasteiger partial charge in [0.05, 0.1) is 11.1 Å². The van der Waals surface area contributed by atoms with E-state index in [0.29, 0.717) is 11.5 Å². The molecular formula is C48H40N2O4. The summed E-state index contributed by atoms with van der Waals surface area (Å²) in [7, 11) is 0. The smallest absolute Gasteiger partial charge is 0.343 e. The summed E-state index contributed by atoms with van der Waals surface area (Å²) in [4.78, 5) is 31.5. The number of esters is 2. The van der Waals surface area contributed by atoms with Gasteiger partial charge in [0, 0.05) is 34.1 Å². The van der Waals surface area contributed by atoms with Crippen molar-refractivity contribution in [3.63, 3.8) is 0 Å². The number of rotatable bonds is 10. The first kappa shape index (κ1) is 35.5. The van der Waals surface area contributed by atoms with Gasteiger partial charge in [-0.05, 0) is 141 Å². The quantitative estimate of drug-likeness (QED) is 0.104. The Labute approximate surface area is 316 Å². The fourth-order valence-corrected chi connectivity index (χ4v) is 6.71. The van der Waals surface area contributed by atoms with E-state index < -0.39 is 11.9 Å². The Balaban J connectivity index is 1.10. The molecule has 0 aliphatic rings. The second-order valence-corrected chi connectivity index (χ2v) is 13.2. The summed E-state index contributed by atoms with van der Waals surface area (Å²) in [5.41, 5.74) is 9.64. The number of benzene rings is 7. The van der Waals surface area contributed by atoms with Crippen molar-refractivity contribution in [1.29, 1.82) is 0 Å². The van der Waals surface area contributed by atoms with E-state index in [-0.39, 0.29) is 11.1 Å². The molecule has 0 N–H and O–H groups in total. The molecule has 0 bridgehead atoms. The van der Waals surface area contributed by atoms with Crippen LogP contribution in [0.5, 0.6) is 11.5 Å². The number of carbonyl (C=O) groups is 2. The number of para-hydroxylation sites is 4. The molecule has 0 amide bonds. The zero-order valence-electron chi connectivity index (χ0n) is 30.7. The van der Waals surface area contributed by atoms with Gasteiger partial charge >= 0.3 is 11.9 Å². The van der Waals surface area contributed by atoms with E-state index >= 15 is 0 Å². The van der Waals surface area contributed by atoms with Gasteiger partial charge in [-0.2, -0.15) is 0 Å². The normalized spacial score (nSPS) is 10.7. The van der Waals surface area contributed by atoms with Crippen LogP contribution in [0.2, 0.25) is 0 Å². The van der Waals surface area contributed by atoms with Crippen molar-refractivity contribution in [3.05, 3.63) is 203 Å². The lowest BCUT2D eigenvalue weighted by Gasteiger charge is -2.27. The topological polar surface area (TPSA) is 59.1 Å². The predicted molar refractivity (Wildman–Crippen MR) is 218 cm³/mol. The maximum absolute atomic E-state index is 13.6. The lowest BCUT2D eigenvalue weighted by Crippen LogP contribution is -2.15. The molecule has 7 aromatic rings. The molecule has 0 unspecified atom stereocenters. The van der Waals surface area contributed by atoms with Crippen LogP contribution in [0.3, 0.4) is 0 Å². The third-order valence-corrected chi connectivity index (χ3v) is 9.19. The number of nitrogens with zero attached hydrogens (tertiary/aromatic N) is 2. The molecule has 7 rings (SSSR count). The van der Waals surface area contributed by atoms with E-state index in [4.69, 9.17) is 9.47 Å². The minimum atomic E-state index is -0.565. The van der Waals surface area contributed by atoms with E-state index in [2.05, 4.69) is 58.3 Å². The van der Waals surface area contributed by atoms with Gasteiger partial charge in [0.1, 0.15) is 11.5 Å². The zero-order valence-corrected chi connectivity index (χ0v) is 30.7. The molecule has 6 nitrogen and oxygen atoms in total. The highest BCUT2D eigenvalue weighted by Crippen LogP contribution is 2.40. The Kier molecular flexibility index (Phi) is 10.4. The zero-order chi connectivity index (χ0) is 37.6. The minimum absolute atomic E-state index is 0.243. The van der Waals surface area contributed by atoms with Gasteiger partial charge in [0.15, 0.2) is 0 Å². The summed E-state index contributed by atoms with van der Waals surface area (Å²) in [6.07, 6.45) is 0. The molecule has 0 aromatic heterocycles. The van der Waals surface area contributed by atoms with E-state index in [1.165, 1.54) is 6.07 Å². The second-order valence-electron chi connectivity index (χ2n) is 13.2. The molecule has 266 valence electrons. The van der Waals surface area contributed by atoms with Crippen molar-refractivity contribution in [2.75, 3.05) is 9.80 Å². The highest BCUT2D eigenvalue weighted by molar-refractivity contribution is 5.97. The maximum atomic E-state index is 13.6. The van der Waals surface area contributed by atoms with Crippen LogP contribution in [0.4, 0.5) is 34.1 Å². The van der Waals surface area contributed by atoms with Crippen LogP contribution in [0.1, 0.15) is 43.0 Å². The first-order valence-corrected chi connectivity index (χ1v) is 17.8. The molecule has 0 atom stereocenters. The lowest BCUT2D eigenvalue weighted by molar-refractivity contribution is 0.0732. The van der Waals surface area contributed by atoms with Crippen molar-refractivity contribution in [3.8, 4) is 11.5 Å². The first-order valence-electron chi connectivity index (χ1n) is 17.8. The fourth-order valence-electron chi connectivity index (χ4n) is 6.71. The van der Waals surface area contributed by atoms with Crippen molar-refractivity contribution < 1.29 is 19.1 Å². The SMILES string of the molecule is Cc1cc(N(c2ccccc2)c2ccccc2)cc(C)c1OC(=O)c1cccc(C(=O)Oc2c(C)cc(N(c3ccccc3)c3ccccc3)cc2C)c1. The van der Waals surface area contributed by atoms with Gasteiger partial charge in [-0.15, -0.1) is 0 Å². The third kappa shape index (κ3) is 7.64. The average molecular weight is 709 g/mol. The molecule has 0 aliphatic carbocycles. The molecule has 0 saturated carbocycles. The van der Waals surface area contributed by atoms with Crippen molar-refractivity contribution in [2.45, 2.75) is 27.7 Å². The largest absolute Gasteiger partial charge is 0.422 e. The van der Waals surface area contributed by atoms with Gasteiger partial charge in [0.25, 0.3) is 0 Å². The Bertz CT molecular complexity index is 2120.